The SMILES string of the molecule is C=Cc1cn([C@H]2C[C@H](OP(OCCC#N)N(C(C)C)C(C)C)[C@@H](COC(C3=CCC(OC)(OC)C=C3)(c3ccccc3)c3ccccc3)O2)c(=O)[nH]c1=O. The number of rotatable bonds is 18. The lowest BCUT2D eigenvalue weighted by molar-refractivity contribution is -0.168. The number of aromatic amines is 1. The van der Waals surface area contributed by atoms with Gasteiger partial charge in [0.15, 0.2) is 5.79 Å². The lowest BCUT2D eigenvalue weighted by Crippen LogP contribution is -2.41. The number of methoxy groups -OCH3 is 2. The number of H-pyrrole nitrogens is 1. The summed E-state index contributed by atoms with van der Waals surface area (Å²) in [5.74, 6) is -0.918. The molecule has 0 saturated carbocycles. The van der Waals surface area contributed by atoms with Crippen LogP contribution >= 0.6 is 8.53 Å². The van der Waals surface area contributed by atoms with Crippen LogP contribution in [0.3, 0.4) is 0 Å². The van der Waals surface area contributed by atoms with Gasteiger partial charge < -0.3 is 28.0 Å². The van der Waals surface area contributed by atoms with Crippen LogP contribution in [0.15, 0.2) is 107 Å². The molecular formula is C41H51N4O8P. The van der Waals surface area contributed by atoms with Crippen LogP contribution in [-0.2, 0) is 33.6 Å². The van der Waals surface area contributed by atoms with Crippen molar-refractivity contribution in [2.75, 3.05) is 27.4 Å². The molecule has 0 radical (unpaired) electrons. The van der Waals surface area contributed by atoms with Gasteiger partial charge in [-0.2, -0.15) is 5.26 Å². The van der Waals surface area contributed by atoms with E-state index in [-0.39, 0.29) is 43.7 Å². The first-order valence-corrected chi connectivity index (χ1v) is 19.3. The second-order valence-corrected chi connectivity index (χ2v) is 15.1. The Balaban J connectivity index is 1.60. The van der Waals surface area contributed by atoms with Gasteiger partial charge in [0.05, 0.1) is 37.4 Å². The number of hydrogen-bond acceptors (Lipinski definition) is 10. The topological polar surface area (TPSA) is 137 Å². The molecule has 1 saturated heterocycles. The Bertz CT molecular complexity index is 1870. The van der Waals surface area contributed by atoms with Crippen molar-refractivity contribution >= 4 is 14.6 Å². The number of nitriles is 1. The maximum absolute atomic E-state index is 13.2. The highest BCUT2D eigenvalue weighted by molar-refractivity contribution is 7.44. The van der Waals surface area contributed by atoms with E-state index in [4.69, 9.17) is 28.0 Å². The molecule has 12 nitrogen and oxygen atoms in total. The van der Waals surface area contributed by atoms with Crippen molar-refractivity contribution in [3.63, 3.8) is 0 Å². The van der Waals surface area contributed by atoms with Crippen LogP contribution in [0, 0.1) is 11.3 Å². The Morgan fingerprint density at radius 3 is 2.22 bits per heavy atom. The van der Waals surface area contributed by atoms with Gasteiger partial charge in [-0.15, -0.1) is 0 Å². The standard InChI is InChI=1S/C41H51N4O8P/c1-8-31-27-44(39(47)43-38(31)46)37-26-35(53-54(51-25-15-24-42)45(29(2)3)30(4)5)36(52-37)28-50-41(32-16-11-9-12-17-32,33-18-13-10-14-19-33)34-20-22-40(48-6,49-7)23-21-34/h8-14,16-22,27,29-30,35-37H,1,15,23,25-26,28H2,2-7H3,(H,43,46,47)/t35-,36+,37+,54?/m0/s1. The minimum absolute atomic E-state index is 0.0347. The van der Waals surface area contributed by atoms with E-state index in [9.17, 15) is 14.9 Å². The van der Waals surface area contributed by atoms with E-state index in [0.717, 1.165) is 16.7 Å². The van der Waals surface area contributed by atoms with Crippen molar-refractivity contribution in [3.05, 3.63) is 135 Å². The van der Waals surface area contributed by atoms with E-state index in [0.29, 0.717) is 6.42 Å². The molecule has 2 aromatic carbocycles. The highest BCUT2D eigenvalue weighted by atomic mass is 31.2. The third-order valence-corrected chi connectivity index (χ3v) is 11.8. The van der Waals surface area contributed by atoms with Gasteiger partial charge in [-0.25, -0.2) is 9.46 Å². The Morgan fingerprint density at radius 2 is 1.70 bits per heavy atom. The van der Waals surface area contributed by atoms with E-state index in [1.165, 1.54) is 16.8 Å². The molecule has 1 N–H and O–H groups in total. The third-order valence-electron chi connectivity index (χ3n) is 9.64. The monoisotopic (exact) mass is 758 g/mol. The lowest BCUT2D eigenvalue weighted by atomic mass is 9.77. The maximum Gasteiger partial charge on any atom is 0.330 e. The molecule has 1 fully saturated rings. The van der Waals surface area contributed by atoms with Crippen LogP contribution < -0.4 is 11.2 Å². The molecule has 13 heteroatoms. The predicted molar refractivity (Wildman–Crippen MR) is 208 cm³/mol. The molecule has 5 rings (SSSR count). The molecule has 0 bridgehead atoms. The predicted octanol–water partition coefficient (Wildman–Crippen LogP) is 6.96. The Labute approximate surface area is 318 Å². The summed E-state index contributed by atoms with van der Waals surface area (Å²) in [7, 11) is 1.55. The molecule has 2 aliphatic rings. The number of nitrogens with one attached hydrogen (secondary N) is 1. The molecule has 2 heterocycles. The van der Waals surface area contributed by atoms with Gasteiger partial charge in [-0.3, -0.25) is 14.3 Å². The molecule has 1 aliphatic carbocycles. The van der Waals surface area contributed by atoms with Crippen molar-refractivity contribution in [1.29, 1.82) is 5.26 Å². The van der Waals surface area contributed by atoms with Crippen molar-refractivity contribution in [3.8, 4) is 6.07 Å². The van der Waals surface area contributed by atoms with Gasteiger partial charge in [0.25, 0.3) is 14.1 Å². The first-order valence-electron chi connectivity index (χ1n) is 18.2. The molecule has 288 valence electrons. The fraction of sp³-hybridized carbons (Fsp3) is 0.439. The Morgan fingerprint density at radius 1 is 1.07 bits per heavy atom. The second-order valence-electron chi connectivity index (χ2n) is 13.7. The molecule has 1 aromatic heterocycles. The first-order chi connectivity index (χ1) is 26.0. The highest BCUT2D eigenvalue weighted by Gasteiger charge is 2.46. The first kappa shape index (κ1) is 41.1. The van der Waals surface area contributed by atoms with Crippen LogP contribution in [0.4, 0.5) is 0 Å². The zero-order chi connectivity index (χ0) is 38.9. The summed E-state index contributed by atoms with van der Waals surface area (Å²) in [6.07, 6.45) is 7.55. The van der Waals surface area contributed by atoms with Gasteiger partial charge >= 0.3 is 5.69 Å². The molecule has 1 unspecified atom stereocenters. The van der Waals surface area contributed by atoms with Crippen molar-refractivity contribution in [2.24, 2.45) is 0 Å². The largest absolute Gasteiger partial charge is 0.358 e. The van der Waals surface area contributed by atoms with Crippen molar-refractivity contribution in [1.82, 2.24) is 14.2 Å². The summed E-state index contributed by atoms with van der Waals surface area (Å²) < 4.78 is 42.1. The summed E-state index contributed by atoms with van der Waals surface area (Å²) >= 11 is 0. The summed E-state index contributed by atoms with van der Waals surface area (Å²) in [4.78, 5) is 28.1. The lowest BCUT2D eigenvalue weighted by Gasteiger charge is -2.40. The fourth-order valence-electron chi connectivity index (χ4n) is 6.96. The molecule has 0 spiro atoms. The Hall–Kier alpha value is -4.02. The number of hydrogen-bond donors (Lipinski definition) is 1. The van der Waals surface area contributed by atoms with Gasteiger partial charge in [-0.1, -0.05) is 85.5 Å². The zero-order valence-corrected chi connectivity index (χ0v) is 32.7. The van der Waals surface area contributed by atoms with E-state index >= 15 is 0 Å². The minimum atomic E-state index is -1.68. The molecule has 3 aromatic rings. The summed E-state index contributed by atoms with van der Waals surface area (Å²) in [5, 5.41) is 9.31. The molecular weight excluding hydrogens is 707 g/mol. The van der Waals surface area contributed by atoms with Crippen LogP contribution in [-0.4, -0.2) is 71.7 Å². The zero-order valence-electron chi connectivity index (χ0n) is 31.8. The second kappa shape index (κ2) is 18.5. The van der Waals surface area contributed by atoms with E-state index in [1.54, 1.807) is 14.2 Å². The van der Waals surface area contributed by atoms with E-state index in [2.05, 4.69) is 56.1 Å². The average molecular weight is 759 g/mol. The van der Waals surface area contributed by atoms with E-state index in [1.807, 2.05) is 72.8 Å². The van der Waals surface area contributed by atoms with Gasteiger partial charge in [-0.05, 0) is 50.5 Å². The minimum Gasteiger partial charge on any atom is -0.358 e. The molecule has 1 aliphatic heterocycles. The number of ether oxygens (including phenoxy) is 4. The summed E-state index contributed by atoms with van der Waals surface area (Å²) in [6.45, 7) is 12.2. The van der Waals surface area contributed by atoms with Gasteiger partial charge in [0, 0.05) is 45.3 Å². The number of aromatic nitrogens is 2. The van der Waals surface area contributed by atoms with Crippen LogP contribution in [0.1, 0.15) is 69.9 Å². The summed E-state index contributed by atoms with van der Waals surface area (Å²) in [5.41, 5.74) is 0.621. The van der Waals surface area contributed by atoms with Crippen LogP contribution in [0.25, 0.3) is 6.08 Å². The molecule has 54 heavy (non-hydrogen) atoms. The van der Waals surface area contributed by atoms with Gasteiger partial charge in [0.1, 0.15) is 17.9 Å². The highest BCUT2D eigenvalue weighted by Crippen LogP contribution is 2.51. The normalized spacial score (nSPS) is 20.3. The van der Waals surface area contributed by atoms with E-state index < -0.39 is 49.6 Å². The van der Waals surface area contributed by atoms with Crippen LogP contribution in [0.2, 0.25) is 0 Å². The van der Waals surface area contributed by atoms with Crippen molar-refractivity contribution < 1.29 is 28.0 Å². The average Bonchev–Trinajstić information content (AvgIpc) is 3.58. The molecule has 4 atom stereocenters. The number of benzene rings is 2. The van der Waals surface area contributed by atoms with Crippen molar-refractivity contribution in [2.45, 2.75) is 88.9 Å². The molecule has 0 amide bonds. The third kappa shape index (κ3) is 8.92. The quantitative estimate of drug-likeness (QED) is 0.0823. The Kier molecular flexibility index (Phi) is 14.1. The van der Waals surface area contributed by atoms with Crippen LogP contribution in [0.5, 0.6) is 0 Å². The number of nitrogens with zero attached hydrogens (tertiary/aromatic N) is 3. The smallest absolute Gasteiger partial charge is 0.330 e. The van der Waals surface area contributed by atoms with Gasteiger partial charge in [0.2, 0.25) is 0 Å². The summed E-state index contributed by atoms with van der Waals surface area (Å²) in [6, 6.07) is 22.2. The fourth-order valence-corrected chi connectivity index (χ4v) is 8.72. The maximum atomic E-state index is 13.2.